The third-order valence-corrected chi connectivity index (χ3v) is 8.89. The van der Waals surface area contributed by atoms with Gasteiger partial charge in [-0.15, -0.1) is 11.3 Å². The fourth-order valence-electron chi connectivity index (χ4n) is 4.17. The van der Waals surface area contributed by atoms with Gasteiger partial charge in [0.05, 0.1) is 14.9 Å². The van der Waals surface area contributed by atoms with Crippen LogP contribution in [0.3, 0.4) is 0 Å². The first-order valence-corrected chi connectivity index (χ1v) is 12.0. The molecule has 1 saturated heterocycles. The zero-order valence-electron chi connectivity index (χ0n) is 16.5. The van der Waals surface area contributed by atoms with Gasteiger partial charge in [0, 0.05) is 41.5 Å². The van der Waals surface area contributed by atoms with Crippen molar-refractivity contribution in [1.82, 2.24) is 15.3 Å². The maximum absolute atomic E-state index is 12.6. The molecule has 1 amide bonds. The molecule has 1 aliphatic heterocycles. The zero-order chi connectivity index (χ0) is 22.0. The Bertz CT molecular complexity index is 1210. The van der Waals surface area contributed by atoms with E-state index in [9.17, 15) is 14.7 Å². The van der Waals surface area contributed by atoms with Crippen LogP contribution in [0, 0.1) is 25.7 Å². The van der Waals surface area contributed by atoms with Crippen molar-refractivity contribution in [3.05, 3.63) is 43.3 Å². The first-order valence-electron chi connectivity index (χ1n) is 9.65. The summed E-state index contributed by atoms with van der Waals surface area (Å²) >= 11 is 15.0. The number of halogens is 2. The molecule has 7 nitrogen and oxygen atoms in total. The van der Waals surface area contributed by atoms with E-state index in [4.69, 9.17) is 23.2 Å². The van der Waals surface area contributed by atoms with E-state index in [1.165, 1.54) is 22.7 Å². The first kappa shape index (κ1) is 23.7. The number of nitrogens with one attached hydrogen (secondary N) is 2. The Kier molecular flexibility index (Phi) is 6.44. The van der Waals surface area contributed by atoms with Crippen molar-refractivity contribution in [2.45, 2.75) is 19.9 Å². The first-order chi connectivity index (χ1) is 14.7. The van der Waals surface area contributed by atoms with E-state index in [-0.39, 0.29) is 46.4 Å². The number of carboxylic acids is 1. The minimum atomic E-state index is -0.962. The molecular weight excluding hydrogens is 486 g/mol. The number of aromatic nitrogens is 2. The molecule has 1 unspecified atom stereocenters. The van der Waals surface area contributed by atoms with Gasteiger partial charge < -0.3 is 20.3 Å². The molecule has 4 heterocycles. The molecule has 164 valence electrons. The van der Waals surface area contributed by atoms with Gasteiger partial charge >= 0.3 is 24.8 Å². The van der Waals surface area contributed by atoms with Gasteiger partial charge in [0.1, 0.15) is 16.3 Å². The number of aromatic carboxylic acids is 1. The number of thiophene rings is 1. The van der Waals surface area contributed by atoms with Crippen molar-refractivity contribution in [3.63, 3.8) is 0 Å². The molecule has 0 bridgehead atoms. The Balaban J connectivity index is 0.00000245. The van der Waals surface area contributed by atoms with Gasteiger partial charge in [-0.1, -0.05) is 34.5 Å². The molecule has 1 aliphatic carbocycles. The number of hydrogen-bond donors (Lipinski definition) is 3. The van der Waals surface area contributed by atoms with Gasteiger partial charge in [-0.05, 0) is 26.0 Å². The van der Waals surface area contributed by atoms with Gasteiger partial charge in [-0.3, -0.25) is 4.79 Å². The molecule has 1 saturated carbocycles. The number of anilines is 1. The normalized spacial score (nSPS) is 21.2. The Morgan fingerprint density at radius 1 is 1.19 bits per heavy atom. The molecule has 3 atom stereocenters. The molecule has 32 heavy (non-hydrogen) atoms. The number of aryl methyl sites for hydroxylation is 2. The summed E-state index contributed by atoms with van der Waals surface area (Å²) < 4.78 is 0. The van der Waals surface area contributed by atoms with Crippen molar-refractivity contribution in [1.29, 1.82) is 0 Å². The summed E-state index contributed by atoms with van der Waals surface area (Å²) in [7, 11) is 0. The molecule has 0 spiro atoms. The summed E-state index contributed by atoms with van der Waals surface area (Å²) in [5, 5.41) is 14.0. The van der Waals surface area contributed by atoms with Crippen LogP contribution in [0.5, 0.6) is 0 Å². The molecule has 12 heteroatoms. The molecular formula is C20H19Cl2LiN4O3S2. The third kappa shape index (κ3) is 4.00. The number of rotatable bonds is 5. The van der Waals surface area contributed by atoms with Crippen molar-refractivity contribution >= 4 is 81.7 Å². The molecule has 0 aromatic carbocycles. The minimum absolute atomic E-state index is 0. The van der Waals surface area contributed by atoms with E-state index < -0.39 is 5.97 Å². The van der Waals surface area contributed by atoms with Gasteiger partial charge in [-0.2, -0.15) is 0 Å². The number of amides is 1. The number of carbonyl (C=O) groups excluding carboxylic acids is 1. The predicted octanol–water partition coefficient (Wildman–Crippen LogP) is 4.04. The number of H-pyrrole nitrogens is 1. The summed E-state index contributed by atoms with van der Waals surface area (Å²) in [4.78, 5) is 36.3. The monoisotopic (exact) mass is 504 g/mol. The predicted molar refractivity (Wildman–Crippen MR) is 130 cm³/mol. The van der Waals surface area contributed by atoms with Gasteiger partial charge in [0.2, 0.25) is 0 Å². The molecule has 3 N–H and O–H groups in total. The number of carboxylic acid groups (broad SMARTS) is 1. The van der Waals surface area contributed by atoms with Crippen LogP contribution < -0.4 is 10.2 Å². The van der Waals surface area contributed by atoms with Crippen LogP contribution >= 0.6 is 45.9 Å². The van der Waals surface area contributed by atoms with Crippen LogP contribution in [-0.4, -0.2) is 64.9 Å². The van der Waals surface area contributed by atoms with Crippen LogP contribution in [0.1, 0.15) is 30.7 Å². The summed E-state index contributed by atoms with van der Waals surface area (Å²) in [6.45, 7) is 5.20. The van der Waals surface area contributed by atoms with Crippen LogP contribution in [-0.2, 0) is 0 Å². The number of fused-ring (bicyclic) bond motifs is 1. The van der Waals surface area contributed by atoms with Crippen molar-refractivity contribution < 1.29 is 14.7 Å². The van der Waals surface area contributed by atoms with E-state index in [0.717, 1.165) is 22.8 Å². The van der Waals surface area contributed by atoms with E-state index in [0.29, 0.717) is 33.4 Å². The summed E-state index contributed by atoms with van der Waals surface area (Å²) in [5.41, 5.74) is 1.48. The van der Waals surface area contributed by atoms with Crippen LogP contribution in [0.2, 0.25) is 10.0 Å². The van der Waals surface area contributed by atoms with E-state index in [1.807, 2.05) is 19.1 Å². The fourth-order valence-corrected chi connectivity index (χ4v) is 6.45. The molecule has 3 aromatic rings. The Morgan fingerprint density at radius 3 is 2.41 bits per heavy atom. The Labute approximate surface area is 214 Å². The zero-order valence-corrected chi connectivity index (χ0v) is 19.7. The number of aromatic amines is 1. The molecule has 2 aliphatic rings. The quantitative estimate of drug-likeness (QED) is 0.455. The van der Waals surface area contributed by atoms with Gasteiger partial charge in [0.15, 0.2) is 5.13 Å². The second-order valence-electron chi connectivity index (χ2n) is 7.87. The number of thiazole rings is 1. The number of carbonyl (C=O) groups is 2. The topological polar surface area (TPSA) is 98.3 Å². The number of hydrogen-bond acceptors (Lipinski definition) is 6. The molecule has 0 radical (unpaired) electrons. The van der Waals surface area contributed by atoms with Gasteiger partial charge in [0.25, 0.3) is 5.91 Å². The molecule has 5 rings (SSSR count). The van der Waals surface area contributed by atoms with Crippen LogP contribution in [0.25, 0.3) is 10.6 Å². The average molecular weight is 505 g/mol. The fraction of sp³-hybridized carbons (Fsp3) is 0.350. The molecule has 3 aromatic heterocycles. The number of nitrogens with zero attached hydrogens (tertiary/aromatic N) is 2. The summed E-state index contributed by atoms with van der Waals surface area (Å²) in [6, 6.07) is 3.95. The Hall–Kier alpha value is -1.47. The SMILES string of the molecule is Cc1ccc(-c2nc(N3C[C@@H]4C(NC(=O)c5[nH]c(C)c(Cl)c5Cl)[C@@H]4C3)sc2C(=O)O)s1.[LiH]. The van der Waals surface area contributed by atoms with Crippen LogP contribution in [0.4, 0.5) is 5.13 Å². The Morgan fingerprint density at radius 2 is 1.88 bits per heavy atom. The average Bonchev–Trinajstić information content (AvgIpc) is 3.26. The number of piperidine rings is 1. The van der Waals surface area contributed by atoms with Crippen molar-refractivity contribution in [3.8, 4) is 10.6 Å². The second kappa shape index (κ2) is 8.71. The standard InChI is InChI=1S/C20H18Cl2N4O3S2.Li.H/c1-7-3-4-11(30-7)15-17(19(28)29)31-20(25-15)26-5-9-10(6-26)14(9)24-18(27)16-13(22)12(21)8(2)23-16;;/h3-4,9-10,14,23H,5-6H2,1-2H3,(H,24,27)(H,28,29);;/t9-,10+,14?;;. The summed E-state index contributed by atoms with van der Waals surface area (Å²) in [5.74, 6) is -0.613. The van der Waals surface area contributed by atoms with E-state index >= 15 is 0 Å². The van der Waals surface area contributed by atoms with E-state index in [2.05, 4.69) is 20.2 Å². The maximum atomic E-state index is 12.6. The summed E-state index contributed by atoms with van der Waals surface area (Å²) in [6.07, 6.45) is 0. The van der Waals surface area contributed by atoms with Gasteiger partial charge in [-0.25, -0.2) is 9.78 Å². The van der Waals surface area contributed by atoms with Crippen molar-refractivity contribution in [2.75, 3.05) is 18.0 Å². The second-order valence-corrected chi connectivity index (χ2v) is 10.9. The van der Waals surface area contributed by atoms with Crippen LogP contribution in [0.15, 0.2) is 12.1 Å². The third-order valence-electron chi connectivity index (χ3n) is 5.83. The molecule has 2 fully saturated rings. The van der Waals surface area contributed by atoms with E-state index in [1.54, 1.807) is 6.92 Å². The van der Waals surface area contributed by atoms with Crippen molar-refractivity contribution in [2.24, 2.45) is 11.8 Å².